The smallest absolute Gasteiger partial charge is 0.150 e. The minimum atomic E-state index is -1.10. The fourth-order valence-corrected chi connectivity index (χ4v) is 3.16. The summed E-state index contributed by atoms with van der Waals surface area (Å²) in [7, 11) is 1.52. The van der Waals surface area contributed by atoms with Gasteiger partial charge in [0.25, 0.3) is 0 Å². The molecular weight excluding hydrogens is 304 g/mol. The van der Waals surface area contributed by atoms with Crippen molar-refractivity contribution in [2.24, 2.45) is 5.73 Å². The van der Waals surface area contributed by atoms with Crippen LogP contribution in [0.4, 0.5) is 0 Å². The molecule has 0 radical (unpaired) electrons. The minimum Gasteiger partial charge on any atom is -0.408 e. The molecule has 0 aromatic heterocycles. The number of carbonyl (C=O) groups is 1. The second-order valence-corrected chi connectivity index (χ2v) is 5.97. The molecule has 3 N–H and O–H groups in total. The van der Waals surface area contributed by atoms with Crippen molar-refractivity contribution < 1.29 is 14.4 Å². The molecule has 1 heterocycles. The lowest BCUT2D eigenvalue weighted by molar-refractivity contribution is -0.114. The molecule has 2 aromatic rings. The molecule has 0 amide bonds. The van der Waals surface area contributed by atoms with Crippen LogP contribution >= 0.6 is 0 Å². The van der Waals surface area contributed by atoms with E-state index in [4.69, 9.17) is 15.3 Å². The van der Waals surface area contributed by atoms with Crippen LogP contribution in [-0.2, 0) is 15.3 Å². The quantitative estimate of drug-likeness (QED) is 0.652. The molecule has 0 bridgehead atoms. The Labute approximate surface area is 141 Å². The summed E-state index contributed by atoms with van der Waals surface area (Å²) >= 11 is 0. The first-order valence-corrected chi connectivity index (χ1v) is 8.04. The molecule has 2 atom stereocenters. The predicted molar refractivity (Wildman–Crippen MR) is 91.5 cm³/mol. The number of carbonyl (C=O) groups excluding carboxylic acids is 1. The zero-order valence-electron chi connectivity index (χ0n) is 13.7. The van der Waals surface area contributed by atoms with Crippen molar-refractivity contribution in [1.29, 1.82) is 0 Å². The van der Waals surface area contributed by atoms with Crippen LogP contribution in [-0.4, -0.2) is 19.9 Å². The molecule has 3 rings (SSSR count). The largest absolute Gasteiger partial charge is 0.408 e. The Morgan fingerprint density at radius 2 is 2.17 bits per heavy atom. The monoisotopic (exact) mass is 326 g/mol. The Morgan fingerprint density at radius 3 is 2.96 bits per heavy atom. The van der Waals surface area contributed by atoms with Crippen LogP contribution in [0.1, 0.15) is 35.4 Å². The molecule has 5 nitrogen and oxygen atoms in total. The van der Waals surface area contributed by atoms with Crippen molar-refractivity contribution in [2.45, 2.75) is 24.5 Å². The number of methoxy groups -OCH3 is 1. The summed E-state index contributed by atoms with van der Waals surface area (Å²) in [5, 5.41) is 0. The summed E-state index contributed by atoms with van der Waals surface area (Å²) in [5.41, 5.74) is 11.2. The van der Waals surface area contributed by atoms with Gasteiger partial charge < -0.3 is 14.4 Å². The van der Waals surface area contributed by atoms with Gasteiger partial charge in [0.15, 0.2) is 5.75 Å². The predicted octanol–water partition coefficient (Wildman–Crippen LogP) is 2.45. The molecule has 5 heteroatoms. The van der Waals surface area contributed by atoms with Gasteiger partial charge in [-0.15, -0.1) is 0 Å². The van der Waals surface area contributed by atoms with Crippen LogP contribution in [0.2, 0.25) is 0 Å². The average molecular weight is 326 g/mol. The molecule has 0 fully saturated rings. The fraction of sp³-hybridized carbons (Fsp3) is 0.316. The SMILES string of the molecule is CO[C@@](N)(CC=O)c1cccc(C2CCNOc3ccccc32)c1. The highest BCUT2D eigenvalue weighted by molar-refractivity contribution is 5.53. The third-order valence-electron chi connectivity index (χ3n) is 4.54. The van der Waals surface area contributed by atoms with Gasteiger partial charge in [0, 0.05) is 25.1 Å². The van der Waals surface area contributed by atoms with Crippen LogP contribution in [0.25, 0.3) is 0 Å². The minimum absolute atomic E-state index is 0.110. The van der Waals surface area contributed by atoms with Crippen LogP contribution in [0.15, 0.2) is 48.5 Å². The number of nitrogens with two attached hydrogens (primary N) is 1. The Bertz CT molecular complexity index is 719. The molecule has 0 saturated carbocycles. The lowest BCUT2D eigenvalue weighted by Crippen LogP contribution is -2.39. The summed E-state index contributed by atoms with van der Waals surface area (Å²) in [6.45, 7) is 0.746. The highest BCUT2D eigenvalue weighted by atomic mass is 16.6. The van der Waals surface area contributed by atoms with Gasteiger partial charge in [0.2, 0.25) is 0 Å². The van der Waals surface area contributed by atoms with E-state index in [0.717, 1.165) is 41.7 Å². The van der Waals surface area contributed by atoms with Crippen molar-refractivity contribution >= 4 is 6.29 Å². The van der Waals surface area contributed by atoms with Gasteiger partial charge in [-0.25, -0.2) is 0 Å². The summed E-state index contributed by atoms with van der Waals surface area (Å²) in [6.07, 6.45) is 1.80. The van der Waals surface area contributed by atoms with Gasteiger partial charge in [0.1, 0.15) is 12.0 Å². The zero-order chi connectivity index (χ0) is 17.0. The zero-order valence-corrected chi connectivity index (χ0v) is 13.7. The topological polar surface area (TPSA) is 73.6 Å². The van der Waals surface area contributed by atoms with Crippen molar-refractivity contribution in [1.82, 2.24) is 5.48 Å². The summed E-state index contributed by atoms with van der Waals surface area (Å²) in [5.74, 6) is 1.03. The molecule has 1 aliphatic heterocycles. The highest BCUT2D eigenvalue weighted by Gasteiger charge is 2.28. The molecule has 0 aliphatic carbocycles. The fourth-order valence-electron chi connectivity index (χ4n) is 3.16. The van der Waals surface area contributed by atoms with Gasteiger partial charge in [-0.1, -0.05) is 42.5 Å². The Kier molecular flexibility index (Phi) is 4.94. The molecule has 2 aromatic carbocycles. The highest BCUT2D eigenvalue weighted by Crippen LogP contribution is 2.36. The van der Waals surface area contributed by atoms with E-state index >= 15 is 0 Å². The number of nitrogens with one attached hydrogen (secondary N) is 1. The van der Waals surface area contributed by atoms with E-state index in [0.29, 0.717) is 0 Å². The third kappa shape index (κ3) is 3.19. The maximum atomic E-state index is 11.0. The molecular formula is C19H22N2O3. The lowest BCUT2D eigenvalue weighted by atomic mass is 9.86. The van der Waals surface area contributed by atoms with Gasteiger partial charge >= 0.3 is 0 Å². The standard InChI is InChI=1S/C19H22N2O3/c1-23-19(20,10-12-22)15-6-4-5-14(13-15)16-9-11-21-24-18-8-3-2-7-17(16)18/h2-8,12-13,16,21H,9-11,20H2,1H3/t16?,19-/m0/s1. The number of fused-ring (bicyclic) bond motifs is 1. The van der Waals surface area contributed by atoms with E-state index in [2.05, 4.69) is 17.6 Å². The molecule has 0 spiro atoms. The maximum absolute atomic E-state index is 11.0. The third-order valence-corrected chi connectivity index (χ3v) is 4.54. The van der Waals surface area contributed by atoms with Gasteiger partial charge in [-0.3, -0.25) is 5.73 Å². The number of aldehydes is 1. The number of ether oxygens (including phenoxy) is 1. The number of hydroxylamine groups is 1. The Hall–Kier alpha value is -2.21. The first-order valence-electron chi connectivity index (χ1n) is 8.04. The van der Waals surface area contributed by atoms with Gasteiger partial charge in [-0.05, 0) is 23.6 Å². The van der Waals surface area contributed by atoms with E-state index in [-0.39, 0.29) is 12.3 Å². The van der Waals surface area contributed by atoms with Crippen LogP contribution < -0.4 is 16.1 Å². The van der Waals surface area contributed by atoms with E-state index < -0.39 is 5.72 Å². The molecule has 126 valence electrons. The Morgan fingerprint density at radius 1 is 1.33 bits per heavy atom. The molecule has 0 saturated heterocycles. The summed E-state index contributed by atoms with van der Waals surface area (Å²) in [4.78, 5) is 16.6. The van der Waals surface area contributed by atoms with Crippen molar-refractivity contribution in [3.63, 3.8) is 0 Å². The van der Waals surface area contributed by atoms with Gasteiger partial charge in [-0.2, -0.15) is 5.48 Å². The van der Waals surface area contributed by atoms with E-state index in [1.807, 2.05) is 36.4 Å². The number of hydrogen-bond donors (Lipinski definition) is 2. The van der Waals surface area contributed by atoms with Crippen molar-refractivity contribution in [3.8, 4) is 5.75 Å². The second-order valence-electron chi connectivity index (χ2n) is 5.97. The first-order chi connectivity index (χ1) is 11.7. The lowest BCUT2D eigenvalue weighted by Gasteiger charge is -2.27. The van der Waals surface area contributed by atoms with Crippen molar-refractivity contribution in [2.75, 3.05) is 13.7 Å². The van der Waals surface area contributed by atoms with Crippen LogP contribution in [0.5, 0.6) is 5.75 Å². The number of rotatable bonds is 5. The molecule has 24 heavy (non-hydrogen) atoms. The van der Waals surface area contributed by atoms with Crippen LogP contribution in [0.3, 0.4) is 0 Å². The number of para-hydroxylation sites is 1. The first kappa shape index (κ1) is 16.6. The van der Waals surface area contributed by atoms with E-state index in [9.17, 15) is 4.79 Å². The Balaban J connectivity index is 2.01. The second kappa shape index (κ2) is 7.13. The molecule has 1 unspecified atom stereocenters. The van der Waals surface area contributed by atoms with Gasteiger partial charge in [0.05, 0.1) is 6.42 Å². The van der Waals surface area contributed by atoms with Crippen LogP contribution in [0, 0.1) is 0 Å². The maximum Gasteiger partial charge on any atom is 0.150 e. The average Bonchev–Trinajstić information content (AvgIpc) is 2.84. The normalized spacial score (nSPS) is 19.5. The van der Waals surface area contributed by atoms with E-state index in [1.54, 1.807) is 0 Å². The van der Waals surface area contributed by atoms with E-state index in [1.165, 1.54) is 7.11 Å². The summed E-state index contributed by atoms with van der Waals surface area (Å²) < 4.78 is 5.41. The number of benzene rings is 2. The number of hydrogen-bond acceptors (Lipinski definition) is 5. The molecule has 1 aliphatic rings. The van der Waals surface area contributed by atoms with Crippen molar-refractivity contribution in [3.05, 3.63) is 65.2 Å². The summed E-state index contributed by atoms with van der Waals surface area (Å²) in [6, 6.07) is 16.0.